The minimum absolute atomic E-state index is 0.0885. The highest BCUT2D eigenvalue weighted by molar-refractivity contribution is 5.83. The Labute approximate surface area is 79.3 Å². The fourth-order valence-electron chi connectivity index (χ4n) is 2.40. The first-order valence-electron chi connectivity index (χ1n) is 5.31. The van der Waals surface area contributed by atoms with E-state index in [0.717, 1.165) is 18.9 Å². The van der Waals surface area contributed by atoms with E-state index in [9.17, 15) is 4.79 Å². The molecular weight excluding hydrogens is 164 g/mol. The van der Waals surface area contributed by atoms with E-state index in [-0.39, 0.29) is 11.9 Å². The Hall–Kier alpha value is -0.570. The van der Waals surface area contributed by atoms with Crippen molar-refractivity contribution in [1.82, 2.24) is 10.6 Å². The van der Waals surface area contributed by atoms with Crippen molar-refractivity contribution in [3.63, 3.8) is 0 Å². The van der Waals surface area contributed by atoms with Crippen molar-refractivity contribution < 1.29 is 4.79 Å². The van der Waals surface area contributed by atoms with Crippen molar-refractivity contribution in [3.8, 4) is 0 Å². The molecule has 0 aromatic heterocycles. The van der Waals surface area contributed by atoms with Crippen molar-refractivity contribution >= 4 is 5.91 Å². The monoisotopic (exact) mass is 182 g/mol. The quantitative estimate of drug-likeness (QED) is 0.658. The van der Waals surface area contributed by atoms with Crippen LogP contribution in [-0.4, -0.2) is 24.5 Å². The van der Waals surface area contributed by atoms with Gasteiger partial charge in [0.1, 0.15) is 0 Å². The summed E-state index contributed by atoms with van der Waals surface area (Å²) < 4.78 is 0. The third kappa shape index (κ3) is 1.85. The molecule has 0 bridgehead atoms. The van der Waals surface area contributed by atoms with Gasteiger partial charge in [-0.3, -0.25) is 4.79 Å². The normalized spacial score (nSPS) is 39.5. The number of hydrogen-bond acceptors (Lipinski definition) is 2. The summed E-state index contributed by atoms with van der Waals surface area (Å²) >= 11 is 0. The maximum absolute atomic E-state index is 11.3. The van der Waals surface area contributed by atoms with Crippen LogP contribution in [-0.2, 0) is 4.79 Å². The Balaban J connectivity index is 1.86. The SMILES string of the molecule is CC1CCCC1NC1CCNC1=O. The number of amides is 1. The molecule has 3 atom stereocenters. The van der Waals surface area contributed by atoms with Crippen LogP contribution in [0.4, 0.5) is 0 Å². The number of nitrogens with one attached hydrogen (secondary N) is 2. The summed E-state index contributed by atoms with van der Waals surface area (Å²) in [5, 5.41) is 6.32. The van der Waals surface area contributed by atoms with E-state index in [1.54, 1.807) is 0 Å². The van der Waals surface area contributed by atoms with Gasteiger partial charge in [-0.05, 0) is 25.2 Å². The topological polar surface area (TPSA) is 41.1 Å². The first-order valence-corrected chi connectivity index (χ1v) is 5.31. The van der Waals surface area contributed by atoms with Crippen LogP contribution in [0.3, 0.4) is 0 Å². The minimum Gasteiger partial charge on any atom is -0.355 e. The maximum atomic E-state index is 11.3. The van der Waals surface area contributed by atoms with Gasteiger partial charge in [-0.2, -0.15) is 0 Å². The molecule has 3 unspecified atom stereocenters. The van der Waals surface area contributed by atoms with Crippen molar-refractivity contribution in [2.24, 2.45) is 5.92 Å². The van der Waals surface area contributed by atoms with Gasteiger partial charge in [0.25, 0.3) is 0 Å². The molecule has 2 rings (SSSR count). The average Bonchev–Trinajstić information content (AvgIpc) is 2.65. The Kier molecular flexibility index (Phi) is 2.54. The fraction of sp³-hybridized carbons (Fsp3) is 0.900. The molecule has 2 N–H and O–H groups in total. The van der Waals surface area contributed by atoms with Gasteiger partial charge >= 0.3 is 0 Å². The molecular formula is C10H18N2O. The predicted octanol–water partition coefficient (Wildman–Crippen LogP) is 0.653. The summed E-state index contributed by atoms with van der Waals surface area (Å²) in [6.07, 6.45) is 4.83. The largest absolute Gasteiger partial charge is 0.355 e. The third-order valence-electron chi connectivity index (χ3n) is 3.33. The second-order valence-corrected chi connectivity index (χ2v) is 4.31. The molecule has 0 spiro atoms. The van der Waals surface area contributed by atoms with E-state index in [1.807, 2.05) is 0 Å². The van der Waals surface area contributed by atoms with Crippen molar-refractivity contribution in [2.75, 3.05) is 6.54 Å². The van der Waals surface area contributed by atoms with Gasteiger partial charge in [0.05, 0.1) is 6.04 Å². The van der Waals surface area contributed by atoms with Gasteiger partial charge in [0, 0.05) is 12.6 Å². The highest BCUT2D eigenvalue weighted by Crippen LogP contribution is 2.25. The summed E-state index contributed by atoms with van der Waals surface area (Å²) in [5.74, 6) is 0.938. The van der Waals surface area contributed by atoms with Gasteiger partial charge in [-0.1, -0.05) is 13.3 Å². The van der Waals surface area contributed by atoms with Gasteiger partial charge in [-0.15, -0.1) is 0 Å². The fourth-order valence-corrected chi connectivity index (χ4v) is 2.40. The van der Waals surface area contributed by atoms with Gasteiger partial charge in [0.2, 0.25) is 5.91 Å². The van der Waals surface area contributed by atoms with Crippen LogP contribution in [0.5, 0.6) is 0 Å². The molecule has 1 amide bonds. The van der Waals surface area contributed by atoms with E-state index < -0.39 is 0 Å². The summed E-state index contributed by atoms with van der Waals surface area (Å²) in [7, 11) is 0. The van der Waals surface area contributed by atoms with Gasteiger partial charge in [0.15, 0.2) is 0 Å². The molecule has 74 valence electrons. The molecule has 1 saturated heterocycles. The summed E-state index contributed by atoms with van der Waals surface area (Å²) in [4.78, 5) is 11.3. The van der Waals surface area contributed by atoms with Crippen molar-refractivity contribution in [3.05, 3.63) is 0 Å². The molecule has 3 nitrogen and oxygen atoms in total. The lowest BCUT2D eigenvalue weighted by Gasteiger charge is -2.20. The van der Waals surface area contributed by atoms with E-state index in [1.165, 1.54) is 19.3 Å². The second kappa shape index (κ2) is 3.66. The Morgan fingerprint density at radius 2 is 2.23 bits per heavy atom. The number of carbonyl (C=O) groups excluding carboxylic acids is 1. The van der Waals surface area contributed by atoms with Crippen molar-refractivity contribution in [2.45, 2.75) is 44.7 Å². The highest BCUT2D eigenvalue weighted by atomic mass is 16.2. The number of carbonyl (C=O) groups is 1. The molecule has 2 fully saturated rings. The van der Waals surface area contributed by atoms with Crippen LogP contribution >= 0.6 is 0 Å². The first kappa shape index (κ1) is 9.00. The zero-order valence-corrected chi connectivity index (χ0v) is 8.18. The molecule has 2 aliphatic rings. The van der Waals surface area contributed by atoms with E-state index in [4.69, 9.17) is 0 Å². The standard InChI is InChI=1S/C10H18N2O/c1-7-3-2-4-8(7)12-9-5-6-11-10(9)13/h7-9,12H,2-6H2,1H3,(H,11,13). The van der Waals surface area contributed by atoms with Gasteiger partial charge in [-0.25, -0.2) is 0 Å². The first-order chi connectivity index (χ1) is 6.27. The van der Waals surface area contributed by atoms with Crippen LogP contribution in [0.25, 0.3) is 0 Å². The molecule has 1 heterocycles. The molecule has 13 heavy (non-hydrogen) atoms. The molecule has 0 aromatic rings. The lowest BCUT2D eigenvalue weighted by molar-refractivity contribution is -0.121. The average molecular weight is 182 g/mol. The Morgan fingerprint density at radius 3 is 2.77 bits per heavy atom. The van der Waals surface area contributed by atoms with E-state index >= 15 is 0 Å². The number of rotatable bonds is 2. The van der Waals surface area contributed by atoms with Crippen LogP contribution < -0.4 is 10.6 Å². The Morgan fingerprint density at radius 1 is 1.38 bits per heavy atom. The smallest absolute Gasteiger partial charge is 0.237 e. The zero-order valence-electron chi connectivity index (χ0n) is 8.18. The van der Waals surface area contributed by atoms with E-state index in [0.29, 0.717) is 6.04 Å². The van der Waals surface area contributed by atoms with E-state index in [2.05, 4.69) is 17.6 Å². The van der Waals surface area contributed by atoms with Crippen LogP contribution in [0, 0.1) is 5.92 Å². The minimum atomic E-state index is 0.0885. The van der Waals surface area contributed by atoms with Gasteiger partial charge < -0.3 is 10.6 Å². The van der Waals surface area contributed by atoms with Crippen LogP contribution in [0.15, 0.2) is 0 Å². The molecule has 1 aliphatic heterocycles. The lowest BCUT2D eigenvalue weighted by Crippen LogP contribution is -2.43. The maximum Gasteiger partial charge on any atom is 0.237 e. The molecule has 0 radical (unpaired) electrons. The highest BCUT2D eigenvalue weighted by Gasteiger charge is 2.30. The summed E-state index contributed by atoms with van der Waals surface area (Å²) in [6, 6.07) is 0.666. The van der Waals surface area contributed by atoms with Crippen LogP contribution in [0.2, 0.25) is 0 Å². The predicted molar refractivity (Wildman–Crippen MR) is 51.4 cm³/mol. The van der Waals surface area contributed by atoms with Crippen molar-refractivity contribution in [1.29, 1.82) is 0 Å². The number of hydrogen-bond donors (Lipinski definition) is 2. The zero-order chi connectivity index (χ0) is 9.26. The third-order valence-corrected chi connectivity index (χ3v) is 3.33. The van der Waals surface area contributed by atoms with Crippen LogP contribution in [0.1, 0.15) is 32.6 Å². The lowest BCUT2D eigenvalue weighted by atomic mass is 10.1. The summed E-state index contributed by atoms with van der Waals surface area (Å²) in [5.41, 5.74) is 0. The second-order valence-electron chi connectivity index (χ2n) is 4.31. The molecule has 0 aromatic carbocycles. The molecule has 1 saturated carbocycles. The summed E-state index contributed by atoms with van der Waals surface area (Å²) in [6.45, 7) is 3.12. The molecule has 1 aliphatic carbocycles. The Bertz CT molecular complexity index is 205. The molecule has 3 heteroatoms.